The van der Waals surface area contributed by atoms with Gasteiger partial charge in [-0.05, 0) is 37.3 Å². The predicted octanol–water partition coefficient (Wildman–Crippen LogP) is 0.747. The summed E-state index contributed by atoms with van der Waals surface area (Å²) in [6, 6.07) is 1.74. The summed E-state index contributed by atoms with van der Waals surface area (Å²) in [5, 5.41) is 7.79. The first-order chi connectivity index (χ1) is 9.61. The third-order valence-electron chi connectivity index (χ3n) is 3.46. The monoisotopic (exact) mass is 295 g/mol. The molecule has 6 heteroatoms. The number of rotatable bonds is 5. The first-order valence-corrected chi connectivity index (χ1v) is 7.84. The molecule has 0 saturated carbocycles. The fourth-order valence-corrected chi connectivity index (χ4v) is 3.12. The highest BCUT2D eigenvalue weighted by atomic mass is 32.1. The molecule has 1 aliphatic rings. The molecule has 1 aliphatic heterocycles. The lowest BCUT2D eigenvalue weighted by atomic mass is 10.1. The number of nitrogens with one attached hydrogen (secondary N) is 2. The minimum Gasteiger partial charge on any atom is -0.355 e. The summed E-state index contributed by atoms with van der Waals surface area (Å²) in [7, 11) is 0. The maximum Gasteiger partial charge on any atom is 0.236 e. The molecule has 0 spiro atoms. The van der Waals surface area contributed by atoms with Gasteiger partial charge in [-0.2, -0.15) is 0 Å². The molecule has 2 rings (SSSR count). The average Bonchev–Trinajstić information content (AvgIpc) is 2.91. The van der Waals surface area contributed by atoms with E-state index in [9.17, 15) is 9.59 Å². The molecular weight excluding hydrogens is 274 g/mol. The minimum atomic E-state index is -0.347. The molecule has 20 heavy (non-hydrogen) atoms. The van der Waals surface area contributed by atoms with E-state index in [1.165, 1.54) is 10.4 Å². The van der Waals surface area contributed by atoms with Crippen LogP contribution < -0.4 is 10.6 Å². The van der Waals surface area contributed by atoms with Gasteiger partial charge in [-0.15, -0.1) is 11.3 Å². The molecule has 0 aliphatic carbocycles. The van der Waals surface area contributed by atoms with Crippen LogP contribution in [0.5, 0.6) is 0 Å². The van der Waals surface area contributed by atoms with Gasteiger partial charge in [0.1, 0.15) is 0 Å². The Kier molecular flexibility index (Phi) is 5.14. The molecular formula is C14H21N3O2S. The second kappa shape index (κ2) is 6.85. The van der Waals surface area contributed by atoms with Crippen molar-refractivity contribution in [3.05, 3.63) is 21.9 Å². The van der Waals surface area contributed by atoms with Crippen molar-refractivity contribution in [1.29, 1.82) is 0 Å². The maximum atomic E-state index is 12.1. The van der Waals surface area contributed by atoms with Crippen molar-refractivity contribution in [2.24, 2.45) is 0 Å². The highest BCUT2D eigenvalue weighted by Gasteiger charge is 2.22. The number of thiophene rings is 1. The molecule has 0 fully saturated rings. The van der Waals surface area contributed by atoms with Crippen molar-refractivity contribution in [3.63, 3.8) is 0 Å². The van der Waals surface area contributed by atoms with Crippen LogP contribution in [0.3, 0.4) is 0 Å². The predicted molar refractivity (Wildman–Crippen MR) is 79.6 cm³/mol. The van der Waals surface area contributed by atoms with Crippen LogP contribution in [-0.2, 0) is 22.6 Å². The molecule has 0 radical (unpaired) electrons. The van der Waals surface area contributed by atoms with Crippen LogP contribution in [0.2, 0.25) is 0 Å². The van der Waals surface area contributed by atoms with Crippen molar-refractivity contribution in [2.45, 2.75) is 32.9 Å². The first kappa shape index (κ1) is 15.0. The number of nitrogens with zero attached hydrogens (tertiary/aromatic N) is 1. The van der Waals surface area contributed by atoms with Gasteiger partial charge in [-0.3, -0.25) is 14.9 Å². The van der Waals surface area contributed by atoms with Gasteiger partial charge in [-0.1, -0.05) is 0 Å². The van der Waals surface area contributed by atoms with Gasteiger partial charge < -0.3 is 10.2 Å². The quantitative estimate of drug-likeness (QED) is 0.842. The largest absolute Gasteiger partial charge is 0.355 e. The van der Waals surface area contributed by atoms with Crippen molar-refractivity contribution >= 4 is 23.2 Å². The highest BCUT2D eigenvalue weighted by molar-refractivity contribution is 7.10. The SMILES string of the molecule is CCNC(=O)C(C)NCC(=O)N1CCc2sccc2C1. The Morgan fingerprint density at radius 1 is 1.50 bits per heavy atom. The number of carbonyl (C=O) groups excluding carboxylic acids is 2. The third kappa shape index (κ3) is 3.58. The summed E-state index contributed by atoms with van der Waals surface area (Å²) in [4.78, 5) is 27.0. The molecule has 5 nitrogen and oxygen atoms in total. The number of likely N-dealkylation sites (N-methyl/N-ethyl adjacent to an activating group) is 1. The van der Waals surface area contributed by atoms with E-state index in [2.05, 4.69) is 22.1 Å². The van der Waals surface area contributed by atoms with Crippen LogP contribution in [-0.4, -0.2) is 42.4 Å². The smallest absolute Gasteiger partial charge is 0.236 e. The third-order valence-corrected chi connectivity index (χ3v) is 4.49. The van der Waals surface area contributed by atoms with E-state index in [4.69, 9.17) is 0 Å². The van der Waals surface area contributed by atoms with E-state index in [1.54, 1.807) is 18.3 Å². The second-order valence-corrected chi connectivity index (χ2v) is 5.93. The highest BCUT2D eigenvalue weighted by Crippen LogP contribution is 2.23. The molecule has 2 N–H and O–H groups in total. The first-order valence-electron chi connectivity index (χ1n) is 6.96. The number of hydrogen-bond acceptors (Lipinski definition) is 4. The standard InChI is InChI=1S/C14H21N3O2S/c1-3-15-14(19)10(2)16-8-13(18)17-6-4-12-11(9-17)5-7-20-12/h5,7,10,16H,3-4,6,8-9H2,1-2H3,(H,15,19). The minimum absolute atomic E-state index is 0.0537. The Balaban J connectivity index is 1.80. The number of hydrogen-bond donors (Lipinski definition) is 2. The van der Waals surface area contributed by atoms with Crippen molar-refractivity contribution < 1.29 is 9.59 Å². The molecule has 110 valence electrons. The van der Waals surface area contributed by atoms with E-state index >= 15 is 0 Å². The van der Waals surface area contributed by atoms with Crippen molar-refractivity contribution in [2.75, 3.05) is 19.6 Å². The van der Waals surface area contributed by atoms with Gasteiger partial charge in [-0.25, -0.2) is 0 Å². The average molecular weight is 295 g/mol. The maximum absolute atomic E-state index is 12.1. The van der Waals surface area contributed by atoms with Crippen LogP contribution in [0.4, 0.5) is 0 Å². The fourth-order valence-electron chi connectivity index (χ4n) is 2.23. The van der Waals surface area contributed by atoms with E-state index in [1.807, 2.05) is 11.8 Å². The molecule has 0 bridgehead atoms. The molecule has 1 aromatic heterocycles. The Bertz CT molecular complexity index is 487. The Morgan fingerprint density at radius 3 is 3.05 bits per heavy atom. The van der Waals surface area contributed by atoms with Crippen LogP contribution in [0, 0.1) is 0 Å². The lowest BCUT2D eigenvalue weighted by molar-refractivity contribution is -0.131. The van der Waals surface area contributed by atoms with E-state index < -0.39 is 0 Å². The summed E-state index contributed by atoms with van der Waals surface area (Å²) in [5.74, 6) is -0.0166. The second-order valence-electron chi connectivity index (χ2n) is 4.93. The number of carbonyl (C=O) groups is 2. The lowest BCUT2D eigenvalue weighted by Gasteiger charge is -2.27. The van der Waals surface area contributed by atoms with Gasteiger partial charge >= 0.3 is 0 Å². The van der Waals surface area contributed by atoms with E-state index in [-0.39, 0.29) is 24.4 Å². The fraction of sp³-hybridized carbons (Fsp3) is 0.571. The zero-order valence-corrected chi connectivity index (χ0v) is 12.8. The molecule has 1 unspecified atom stereocenters. The zero-order valence-electron chi connectivity index (χ0n) is 11.9. The lowest BCUT2D eigenvalue weighted by Crippen LogP contribution is -2.47. The van der Waals surface area contributed by atoms with Crippen molar-refractivity contribution in [1.82, 2.24) is 15.5 Å². The van der Waals surface area contributed by atoms with Gasteiger partial charge in [0.15, 0.2) is 0 Å². The molecule has 1 atom stereocenters. The Morgan fingerprint density at radius 2 is 2.30 bits per heavy atom. The molecule has 2 amide bonds. The van der Waals surface area contributed by atoms with Crippen LogP contribution in [0.1, 0.15) is 24.3 Å². The van der Waals surface area contributed by atoms with Crippen LogP contribution in [0.25, 0.3) is 0 Å². The van der Waals surface area contributed by atoms with Crippen LogP contribution >= 0.6 is 11.3 Å². The molecule has 0 saturated heterocycles. The zero-order chi connectivity index (χ0) is 14.5. The Labute approximate surface area is 123 Å². The summed E-state index contributed by atoms with van der Waals surface area (Å²) < 4.78 is 0. The summed E-state index contributed by atoms with van der Waals surface area (Å²) in [6.07, 6.45) is 0.935. The van der Waals surface area contributed by atoms with Gasteiger partial charge in [0.05, 0.1) is 12.6 Å². The van der Waals surface area contributed by atoms with E-state index in [0.29, 0.717) is 13.1 Å². The topological polar surface area (TPSA) is 61.4 Å². The number of amides is 2. The summed E-state index contributed by atoms with van der Waals surface area (Å²) in [5.41, 5.74) is 1.26. The van der Waals surface area contributed by atoms with Crippen molar-refractivity contribution in [3.8, 4) is 0 Å². The van der Waals surface area contributed by atoms with Gasteiger partial charge in [0.2, 0.25) is 11.8 Å². The normalized spacial score (nSPS) is 15.6. The molecule has 0 aromatic carbocycles. The number of fused-ring (bicyclic) bond motifs is 1. The van der Waals surface area contributed by atoms with Gasteiger partial charge in [0.25, 0.3) is 0 Å². The summed E-state index contributed by atoms with van der Waals surface area (Å²) in [6.45, 7) is 5.91. The Hall–Kier alpha value is -1.40. The van der Waals surface area contributed by atoms with Crippen LogP contribution in [0.15, 0.2) is 11.4 Å². The molecule has 2 heterocycles. The molecule has 1 aromatic rings. The summed E-state index contributed by atoms with van der Waals surface area (Å²) >= 11 is 1.76. The van der Waals surface area contributed by atoms with Gasteiger partial charge in [0, 0.05) is 24.5 Å². The van der Waals surface area contributed by atoms with E-state index in [0.717, 1.165) is 13.0 Å².